The van der Waals surface area contributed by atoms with E-state index in [2.05, 4.69) is 19.7 Å². The monoisotopic (exact) mass is 419 g/mol. The van der Waals surface area contributed by atoms with Gasteiger partial charge in [-0.1, -0.05) is 6.07 Å². The number of hydrogen-bond acceptors (Lipinski definition) is 8. The summed E-state index contributed by atoms with van der Waals surface area (Å²) in [6, 6.07) is 5.53. The largest absolute Gasteiger partial charge is 0.467 e. The highest BCUT2D eigenvalue weighted by atomic mass is 32.2. The predicted octanol–water partition coefficient (Wildman–Crippen LogP) is 1.07. The van der Waals surface area contributed by atoms with Crippen molar-refractivity contribution < 1.29 is 17.9 Å². The first kappa shape index (κ1) is 20.0. The molecule has 0 spiro atoms. The van der Waals surface area contributed by atoms with Crippen LogP contribution in [-0.4, -0.2) is 56.8 Å². The van der Waals surface area contributed by atoms with Crippen molar-refractivity contribution in [1.82, 2.24) is 19.7 Å². The van der Waals surface area contributed by atoms with Gasteiger partial charge in [-0.05, 0) is 48.9 Å². The molecule has 0 bridgehead atoms. The first-order chi connectivity index (χ1) is 14.0. The van der Waals surface area contributed by atoms with Crippen LogP contribution in [0, 0.1) is 0 Å². The molecular weight excluding hydrogens is 394 g/mol. The molecule has 4 rings (SSSR count). The topological polar surface area (TPSA) is 107 Å². The average Bonchev–Trinajstić information content (AvgIpc) is 2.78. The van der Waals surface area contributed by atoms with Gasteiger partial charge in [-0.2, -0.15) is 15.0 Å². The molecule has 10 heteroatoms. The third-order valence-electron chi connectivity index (χ3n) is 5.18. The van der Waals surface area contributed by atoms with Crippen LogP contribution in [-0.2, 0) is 34.1 Å². The molecule has 1 aliphatic carbocycles. The number of sulfonamides is 1. The molecule has 29 heavy (non-hydrogen) atoms. The molecule has 1 N–H and O–H groups in total. The number of fused-ring (bicyclic) bond motifs is 1. The minimum Gasteiger partial charge on any atom is -0.467 e. The average molecular weight is 420 g/mol. The van der Waals surface area contributed by atoms with Crippen molar-refractivity contribution in [3.05, 3.63) is 35.2 Å². The van der Waals surface area contributed by atoms with E-state index in [-0.39, 0.29) is 17.5 Å². The molecule has 1 fully saturated rings. The SMILES string of the molecule is COc1nc(CNS(=O)(=O)c2ccc3c(c2)CCCC3)nc(N2CCOCC2)n1. The van der Waals surface area contributed by atoms with Crippen molar-refractivity contribution in [2.75, 3.05) is 38.3 Å². The Labute approximate surface area is 170 Å². The van der Waals surface area contributed by atoms with Crippen LogP contribution in [0.3, 0.4) is 0 Å². The van der Waals surface area contributed by atoms with Gasteiger partial charge in [0, 0.05) is 13.1 Å². The number of aromatic nitrogens is 3. The standard InChI is InChI=1S/C19H25N5O4S/c1-27-19-22-17(21-18(23-19)24-8-10-28-11-9-24)13-20-29(25,26)16-7-6-14-4-2-3-5-15(14)12-16/h6-7,12,20H,2-5,8-11,13H2,1H3. The second-order valence-corrected chi connectivity index (χ2v) is 8.87. The summed E-state index contributed by atoms with van der Waals surface area (Å²) in [5.41, 5.74) is 2.36. The Balaban J connectivity index is 1.51. The van der Waals surface area contributed by atoms with Gasteiger partial charge >= 0.3 is 6.01 Å². The summed E-state index contributed by atoms with van der Waals surface area (Å²) in [6.07, 6.45) is 4.19. The maximum Gasteiger partial charge on any atom is 0.321 e. The summed E-state index contributed by atoms with van der Waals surface area (Å²) in [7, 11) is -2.20. The van der Waals surface area contributed by atoms with Gasteiger partial charge in [0.15, 0.2) is 5.82 Å². The molecule has 1 aliphatic heterocycles. The Morgan fingerprint density at radius 3 is 2.62 bits per heavy atom. The molecule has 1 aromatic heterocycles. The second kappa shape index (κ2) is 8.60. The van der Waals surface area contributed by atoms with Crippen LogP contribution in [0.2, 0.25) is 0 Å². The van der Waals surface area contributed by atoms with E-state index in [0.717, 1.165) is 31.2 Å². The van der Waals surface area contributed by atoms with Crippen LogP contribution in [0.25, 0.3) is 0 Å². The van der Waals surface area contributed by atoms with Crippen LogP contribution in [0.4, 0.5) is 5.95 Å². The molecule has 0 unspecified atom stereocenters. The summed E-state index contributed by atoms with van der Waals surface area (Å²) in [5, 5.41) is 0. The van der Waals surface area contributed by atoms with E-state index >= 15 is 0 Å². The lowest BCUT2D eigenvalue weighted by Gasteiger charge is -2.26. The highest BCUT2D eigenvalue weighted by Crippen LogP contribution is 2.24. The summed E-state index contributed by atoms with van der Waals surface area (Å²) < 4.78 is 38.7. The molecule has 0 atom stereocenters. The highest BCUT2D eigenvalue weighted by Gasteiger charge is 2.20. The summed E-state index contributed by atoms with van der Waals surface area (Å²) in [6.45, 7) is 2.46. The Bertz CT molecular complexity index is 977. The van der Waals surface area contributed by atoms with Gasteiger partial charge in [-0.3, -0.25) is 0 Å². The predicted molar refractivity (Wildman–Crippen MR) is 107 cm³/mol. The van der Waals surface area contributed by atoms with Crippen molar-refractivity contribution in [3.63, 3.8) is 0 Å². The van der Waals surface area contributed by atoms with E-state index in [1.165, 1.54) is 12.7 Å². The van der Waals surface area contributed by atoms with Crippen LogP contribution in [0.15, 0.2) is 23.1 Å². The lowest BCUT2D eigenvalue weighted by atomic mass is 9.92. The van der Waals surface area contributed by atoms with Crippen LogP contribution in [0.1, 0.15) is 29.8 Å². The van der Waals surface area contributed by atoms with E-state index in [1.807, 2.05) is 11.0 Å². The molecule has 0 amide bonds. The zero-order valence-corrected chi connectivity index (χ0v) is 17.2. The smallest absolute Gasteiger partial charge is 0.321 e. The maximum atomic E-state index is 12.8. The second-order valence-electron chi connectivity index (χ2n) is 7.10. The number of benzene rings is 1. The third kappa shape index (κ3) is 4.65. The lowest BCUT2D eigenvalue weighted by molar-refractivity contribution is 0.122. The van der Waals surface area contributed by atoms with Gasteiger partial charge in [0.05, 0.1) is 31.8 Å². The van der Waals surface area contributed by atoms with E-state index < -0.39 is 10.0 Å². The molecule has 156 valence electrons. The van der Waals surface area contributed by atoms with E-state index in [1.54, 1.807) is 12.1 Å². The van der Waals surface area contributed by atoms with Crippen LogP contribution >= 0.6 is 0 Å². The molecule has 1 saturated heterocycles. The molecule has 2 heterocycles. The van der Waals surface area contributed by atoms with Gasteiger partial charge in [-0.25, -0.2) is 13.1 Å². The minimum atomic E-state index is -3.67. The quantitative estimate of drug-likeness (QED) is 0.741. The number of methoxy groups -OCH3 is 1. The number of morpholine rings is 1. The van der Waals surface area contributed by atoms with Gasteiger partial charge in [-0.15, -0.1) is 0 Å². The minimum absolute atomic E-state index is 0.0460. The molecule has 1 aromatic carbocycles. The first-order valence-corrected chi connectivity index (χ1v) is 11.3. The van der Waals surface area contributed by atoms with Gasteiger partial charge in [0.1, 0.15) is 0 Å². The Morgan fingerprint density at radius 2 is 1.86 bits per heavy atom. The first-order valence-electron chi connectivity index (χ1n) is 9.78. The van der Waals surface area contributed by atoms with Crippen molar-refractivity contribution >= 4 is 16.0 Å². The van der Waals surface area contributed by atoms with E-state index in [0.29, 0.717) is 38.1 Å². The van der Waals surface area contributed by atoms with Gasteiger partial charge in [0.25, 0.3) is 0 Å². The number of ether oxygens (including phenoxy) is 2. The number of rotatable bonds is 6. The summed E-state index contributed by atoms with van der Waals surface area (Å²) in [4.78, 5) is 15.1. The third-order valence-corrected chi connectivity index (χ3v) is 6.58. The molecule has 2 aliphatic rings. The van der Waals surface area contributed by atoms with Crippen molar-refractivity contribution in [3.8, 4) is 6.01 Å². The number of hydrogen-bond donors (Lipinski definition) is 1. The fourth-order valence-electron chi connectivity index (χ4n) is 3.58. The fraction of sp³-hybridized carbons (Fsp3) is 0.526. The van der Waals surface area contributed by atoms with Gasteiger partial charge in [0.2, 0.25) is 16.0 Å². The summed E-state index contributed by atoms with van der Waals surface area (Å²) >= 11 is 0. The van der Waals surface area contributed by atoms with Gasteiger partial charge < -0.3 is 14.4 Å². The molecular formula is C19H25N5O4S. The zero-order chi connectivity index (χ0) is 20.3. The number of anilines is 1. The normalized spacial score (nSPS) is 17.1. The van der Waals surface area contributed by atoms with E-state index in [9.17, 15) is 8.42 Å². The van der Waals surface area contributed by atoms with Crippen molar-refractivity contribution in [2.45, 2.75) is 37.1 Å². The maximum absolute atomic E-state index is 12.8. The molecule has 9 nitrogen and oxygen atoms in total. The molecule has 2 aromatic rings. The van der Waals surface area contributed by atoms with E-state index in [4.69, 9.17) is 9.47 Å². The lowest BCUT2D eigenvalue weighted by Crippen LogP contribution is -2.37. The number of aryl methyl sites for hydroxylation is 2. The number of nitrogens with one attached hydrogen (secondary N) is 1. The Morgan fingerprint density at radius 1 is 1.10 bits per heavy atom. The van der Waals surface area contributed by atoms with Crippen molar-refractivity contribution in [1.29, 1.82) is 0 Å². The Hall–Kier alpha value is -2.30. The Kier molecular flexibility index (Phi) is 5.93. The summed E-state index contributed by atoms with van der Waals surface area (Å²) in [5.74, 6) is 0.767. The number of nitrogens with zero attached hydrogens (tertiary/aromatic N) is 4. The highest BCUT2D eigenvalue weighted by molar-refractivity contribution is 7.89. The molecule has 0 radical (unpaired) electrons. The van der Waals surface area contributed by atoms with Crippen molar-refractivity contribution in [2.24, 2.45) is 0 Å². The molecule has 0 saturated carbocycles. The zero-order valence-electron chi connectivity index (χ0n) is 16.4. The fourth-order valence-corrected chi connectivity index (χ4v) is 4.61. The van der Waals surface area contributed by atoms with Crippen LogP contribution < -0.4 is 14.4 Å². The van der Waals surface area contributed by atoms with Crippen LogP contribution in [0.5, 0.6) is 6.01 Å².